The van der Waals surface area contributed by atoms with Crippen LogP contribution < -0.4 is 5.73 Å². The Morgan fingerprint density at radius 1 is 1.33 bits per heavy atom. The fourth-order valence-corrected chi connectivity index (χ4v) is 2.41. The van der Waals surface area contributed by atoms with Crippen LogP contribution >= 0.6 is 0 Å². The second kappa shape index (κ2) is 4.38. The summed E-state index contributed by atoms with van der Waals surface area (Å²) in [4.78, 5) is 18.4. The first-order valence-electron chi connectivity index (χ1n) is 6.14. The summed E-state index contributed by atoms with van der Waals surface area (Å²) in [5.41, 5.74) is 6.37. The van der Waals surface area contributed by atoms with Crippen molar-refractivity contribution >= 4 is 16.7 Å². The topological polar surface area (TPSA) is 59.2 Å². The van der Waals surface area contributed by atoms with E-state index in [0.717, 1.165) is 23.7 Å². The van der Waals surface area contributed by atoms with E-state index in [-0.39, 0.29) is 11.9 Å². The highest BCUT2D eigenvalue weighted by atomic mass is 16.2. The molecule has 1 unspecified atom stereocenters. The SMILES string of the molecule is NC1CCN(C(=O)c2nccc3ccccc23)C1. The lowest BCUT2D eigenvalue weighted by atomic mass is 10.1. The van der Waals surface area contributed by atoms with Crippen LogP contribution in [0.2, 0.25) is 0 Å². The molecule has 4 nitrogen and oxygen atoms in total. The number of fused-ring (bicyclic) bond motifs is 1. The van der Waals surface area contributed by atoms with E-state index in [9.17, 15) is 4.79 Å². The molecule has 1 fully saturated rings. The van der Waals surface area contributed by atoms with Gasteiger partial charge in [-0.3, -0.25) is 9.78 Å². The highest BCUT2D eigenvalue weighted by molar-refractivity contribution is 6.05. The number of aromatic nitrogens is 1. The Hall–Kier alpha value is -1.94. The summed E-state index contributed by atoms with van der Waals surface area (Å²) >= 11 is 0. The molecular weight excluding hydrogens is 226 g/mol. The van der Waals surface area contributed by atoms with Gasteiger partial charge in [-0.1, -0.05) is 24.3 Å². The summed E-state index contributed by atoms with van der Waals surface area (Å²) in [6.45, 7) is 1.36. The van der Waals surface area contributed by atoms with Crippen molar-refractivity contribution in [3.63, 3.8) is 0 Å². The molecule has 2 N–H and O–H groups in total. The van der Waals surface area contributed by atoms with Gasteiger partial charge < -0.3 is 10.6 Å². The van der Waals surface area contributed by atoms with Crippen molar-refractivity contribution in [3.8, 4) is 0 Å². The van der Waals surface area contributed by atoms with Crippen LogP contribution in [0.5, 0.6) is 0 Å². The van der Waals surface area contributed by atoms with Gasteiger partial charge in [-0.05, 0) is 17.9 Å². The van der Waals surface area contributed by atoms with E-state index in [0.29, 0.717) is 12.2 Å². The molecule has 0 bridgehead atoms. The highest BCUT2D eigenvalue weighted by Crippen LogP contribution is 2.19. The first-order chi connectivity index (χ1) is 8.75. The number of nitrogens with two attached hydrogens (primary N) is 1. The average Bonchev–Trinajstić information content (AvgIpc) is 2.84. The number of nitrogens with zero attached hydrogens (tertiary/aromatic N) is 2. The van der Waals surface area contributed by atoms with Gasteiger partial charge >= 0.3 is 0 Å². The average molecular weight is 241 g/mol. The van der Waals surface area contributed by atoms with Gasteiger partial charge in [0, 0.05) is 30.7 Å². The van der Waals surface area contributed by atoms with Crippen molar-refractivity contribution in [3.05, 3.63) is 42.2 Å². The van der Waals surface area contributed by atoms with E-state index in [1.54, 1.807) is 11.1 Å². The quantitative estimate of drug-likeness (QED) is 0.821. The maximum atomic E-state index is 12.4. The summed E-state index contributed by atoms with van der Waals surface area (Å²) in [5, 5.41) is 1.95. The molecule has 0 spiro atoms. The Morgan fingerprint density at radius 2 is 2.17 bits per heavy atom. The van der Waals surface area contributed by atoms with Crippen LogP contribution in [0.25, 0.3) is 10.8 Å². The first-order valence-corrected chi connectivity index (χ1v) is 6.14. The number of amides is 1. The second-order valence-electron chi connectivity index (χ2n) is 4.68. The second-order valence-corrected chi connectivity index (χ2v) is 4.68. The number of pyridine rings is 1. The standard InChI is InChI=1S/C14H15N3O/c15-11-6-8-17(9-11)14(18)13-12-4-2-1-3-10(12)5-7-16-13/h1-5,7,11H,6,8-9,15H2. The first kappa shape index (κ1) is 11.2. The van der Waals surface area contributed by atoms with Crippen LogP contribution in [0.15, 0.2) is 36.5 Å². The van der Waals surface area contributed by atoms with Gasteiger partial charge in [-0.15, -0.1) is 0 Å². The third-order valence-corrected chi connectivity index (χ3v) is 3.39. The number of benzene rings is 1. The fourth-order valence-electron chi connectivity index (χ4n) is 2.41. The molecule has 2 aromatic rings. The van der Waals surface area contributed by atoms with Crippen molar-refractivity contribution in [2.24, 2.45) is 5.73 Å². The van der Waals surface area contributed by atoms with E-state index in [2.05, 4.69) is 4.98 Å². The number of hydrogen-bond donors (Lipinski definition) is 1. The van der Waals surface area contributed by atoms with Crippen LogP contribution in [-0.4, -0.2) is 34.9 Å². The van der Waals surface area contributed by atoms with Crippen molar-refractivity contribution in [1.29, 1.82) is 0 Å². The molecule has 1 aliphatic heterocycles. The zero-order valence-electron chi connectivity index (χ0n) is 10.0. The van der Waals surface area contributed by atoms with Crippen LogP contribution in [0, 0.1) is 0 Å². The maximum absolute atomic E-state index is 12.4. The normalized spacial score (nSPS) is 19.4. The van der Waals surface area contributed by atoms with Crippen LogP contribution in [-0.2, 0) is 0 Å². The number of hydrogen-bond acceptors (Lipinski definition) is 3. The molecule has 1 aromatic carbocycles. The minimum Gasteiger partial charge on any atom is -0.336 e. The Bertz CT molecular complexity index is 591. The lowest BCUT2D eigenvalue weighted by Gasteiger charge is -2.16. The van der Waals surface area contributed by atoms with Crippen LogP contribution in [0.4, 0.5) is 0 Å². The smallest absolute Gasteiger partial charge is 0.273 e. The minimum absolute atomic E-state index is 0.0141. The fraction of sp³-hybridized carbons (Fsp3) is 0.286. The third-order valence-electron chi connectivity index (χ3n) is 3.39. The summed E-state index contributed by atoms with van der Waals surface area (Å²) in [5.74, 6) is -0.0141. The van der Waals surface area contributed by atoms with Gasteiger partial charge in [0.15, 0.2) is 0 Å². The molecule has 1 atom stereocenters. The van der Waals surface area contributed by atoms with Crippen LogP contribution in [0.1, 0.15) is 16.9 Å². The highest BCUT2D eigenvalue weighted by Gasteiger charge is 2.26. The van der Waals surface area contributed by atoms with Crippen LogP contribution in [0.3, 0.4) is 0 Å². The predicted octanol–water partition coefficient (Wildman–Crippen LogP) is 1.41. The Morgan fingerprint density at radius 3 is 2.94 bits per heavy atom. The molecule has 0 aliphatic carbocycles. The van der Waals surface area contributed by atoms with E-state index < -0.39 is 0 Å². The molecule has 18 heavy (non-hydrogen) atoms. The van der Waals surface area contributed by atoms with Gasteiger partial charge in [0.25, 0.3) is 5.91 Å². The van der Waals surface area contributed by atoms with Crippen molar-refractivity contribution in [1.82, 2.24) is 9.88 Å². The Kier molecular flexibility index (Phi) is 2.72. The molecule has 1 saturated heterocycles. The molecule has 92 valence electrons. The van der Waals surface area contributed by atoms with E-state index >= 15 is 0 Å². The molecule has 3 rings (SSSR count). The Labute approximate surface area is 105 Å². The maximum Gasteiger partial charge on any atom is 0.273 e. The van der Waals surface area contributed by atoms with Gasteiger partial charge in [-0.25, -0.2) is 0 Å². The van der Waals surface area contributed by atoms with E-state index in [4.69, 9.17) is 5.73 Å². The molecule has 0 radical (unpaired) electrons. The summed E-state index contributed by atoms with van der Waals surface area (Å²) in [6.07, 6.45) is 2.56. The minimum atomic E-state index is -0.0141. The predicted molar refractivity (Wildman–Crippen MR) is 70.2 cm³/mol. The lowest BCUT2D eigenvalue weighted by molar-refractivity contribution is 0.0787. The molecule has 1 aliphatic rings. The van der Waals surface area contributed by atoms with E-state index in [1.165, 1.54) is 0 Å². The molecule has 1 amide bonds. The van der Waals surface area contributed by atoms with Gasteiger partial charge in [0.05, 0.1) is 0 Å². The van der Waals surface area contributed by atoms with Gasteiger partial charge in [0.2, 0.25) is 0 Å². The molecular formula is C14H15N3O. The summed E-state index contributed by atoms with van der Waals surface area (Å²) in [6, 6.07) is 9.83. The lowest BCUT2D eigenvalue weighted by Crippen LogP contribution is -2.32. The third kappa shape index (κ3) is 1.84. The number of likely N-dealkylation sites (tertiary alicyclic amines) is 1. The molecule has 4 heteroatoms. The number of rotatable bonds is 1. The van der Waals surface area contributed by atoms with Gasteiger partial charge in [-0.2, -0.15) is 0 Å². The monoisotopic (exact) mass is 241 g/mol. The van der Waals surface area contributed by atoms with Crippen molar-refractivity contribution < 1.29 is 4.79 Å². The molecule has 2 heterocycles. The molecule has 0 saturated carbocycles. The Balaban J connectivity index is 2.01. The summed E-state index contributed by atoms with van der Waals surface area (Å²) in [7, 11) is 0. The zero-order valence-corrected chi connectivity index (χ0v) is 10.0. The zero-order chi connectivity index (χ0) is 12.5. The summed E-state index contributed by atoms with van der Waals surface area (Å²) < 4.78 is 0. The largest absolute Gasteiger partial charge is 0.336 e. The molecule has 1 aromatic heterocycles. The number of carbonyl (C=O) groups excluding carboxylic acids is 1. The van der Waals surface area contributed by atoms with E-state index in [1.807, 2.05) is 30.3 Å². The number of carbonyl (C=O) groups is 1. The van der Waals surface area contributed by atoms with Crippen molar-refractivity contribution in [2.45, 2.75) is 12.5 Å². The van der Waals surface area contributed by atoms with Gasteiger partial charge in [0.1, 0.15) is 5.69 Å². The van der Waals surface area contributed by atoms with Crippen molar-refractivity contribution in [2.75, 3.05) is 13.1 Å².